The summed E-state index contributed by atoms with van der Waals surface area (Å²) in [4.78, 5) is 2.55. The minimum atomic E-state index is -0.0803. The highest BCUT2D eigenvalue weighted by atomic mass is 16.5. The largest absolute Gasteiger partial charge is 0.373 e. The topological polar surface area (TPSA) is 12.5 Å². The average molecular weight is 247 g/mol. The van der Waals surface area contributed by atoms with Crippen LogP contribution in [0.15, 0.2) is 30.3 Å². The van der Waals surface area contributed by atoms with Gasteiger partial charge < -0.3 is 4.74 Å². The Labute approximate surface area is 111 Å². The maximum atomic E-state index is 5.90. The minimum Gasteiger partial charge on any atom is -0.373 e. The Kier molecular flexibility index (Phi) is 3.79. The van der Waals surface area contributed by atoms with Gasteiger partial charge in [-0.25, -0.2) is 0 Å². The van der Waals surface area contributed by atoms with Crippen LogP contribution >= 0.6 is 0 Å². The van der Waals surface area contributed by atoms with E-state index in [4.69, 9.17) is 4.74 Å². The van der Waals surface area contributed by atoms with Crippen molar-refractivity contribution in [2.75, 3.05) is 20.2 Å². The van der Waals surface area contributed by atoms with Crippen LogP contribution in [0.4, 0.5) is 0 Å². The molecule has 0 unspecified atom stereocenters. The fourth-order valence-electron chi connectivity index (χ4n) is 2.89. The molecule has 2 rings (SSSR count). The van der Waals surface area contributed by atoms with E-state index in [1.54, 1.807) is 0 Å². The summed E-state index contributed by atoms with van der Waals surface area (Å²) in [5, 5.41) is 0. The van der Waals surface area contributed by atoms with E-state index in [-0.39, 0.29) is 11.1 Å². The fraction of sp³-hybridized carbons (Fsp3) is 0.625. The molecule has 2 heteroatoms. The van der Waals surface area contributed by atoms with Crippen LogP contribution in [0.5, 0.6) is 0 Å². The SMILES string of the molecule is COC1(c2ccccc2)CCN(C(C)(C)C)CC1. The average Bonchev–Trinajstić information content (AvgIpc) is 2.39. The van der Waals surface area contributed by atoms with E-state index in [0.717, 1.165) is 25.9 Å². The summed E-state index contributed by atoms with van der Waals surface area (Å²) in [5.41, 5.74) is 1.50. The van der Waals surface area contributed by atoms with Gasteiger partial charge in [-0.2, -0.15) is 0 Å². The molecule has 1 saturated heterocycles. The minimum absolute atomic E-state index is 0.0803. The van der Waals surface area contributed by atoms with Gasteiger partial charge in [0.05, 0.1) is 5.60 Å². The normalized spacial score (nSPS) is 20.9. The lowest BCUT2D eigenvalue weighted by Crippen LogP contribution is -2.50. The Hall–Kier alpha value is -0.860. The van der Waals surface area contributed by atoms with Gasteiger partial charge in [-0.15, -0.1) is 0 Å². The van der Waals surface area contributed by atoms with Crippen LogP contribution in [0.1, 0.15) is 39.2 Å². The quantitative estimate of drug-likeness (QED) is 0.794. The smallest absolute Gasteiger partial charge is 0.0951 e. The zero-order valence-electron chi connectivity index (χ0n) is 12.1. The predicted molar refractivity (Wildman–Crippen MR) is 75.7 cm³/mol. The van der Waals surface area contributed by atoms with Crippen molar-refractivity contribution in [3.8, 4) is 0 Å². The Bertz CT molecular complexity index is 372. The molecule has 18 heavy (non-hydrogen) atoms. The zero-order valence-corrected chi connectivity index (χ0v) is 12.1. The van der Waals surface area contributed by atoms with Crippen molar-refractivity contribution in [3.63, 3.8) is 0 Å². The van der Waals surface area contributed by atoms with E-state index >= 15 is 0 Å². The summed E-state index contributed by atoms with van der Waals surface area (Å²) in [7, 11) is 1.85. The molecule has 2 nitrogen and oxygen atoms in total. The third-order valence-corrected chi connectivity index (χ3v) is 4.21. The molecular formula is C16H25NO. The lowest BCUT2D eigenvalue weighted by atomic mass is 9.83. The number of likely N-dealkylation sites (tertiary alicyclic amines) is 1. The molecule has 1 aliphatic rings. The second-order valence-corrected chi connectivity index (χ2v) is 6.22. The molecule has 0 atom stereocenters. The number of piperidine rings is 1. The number of hydrogen-bond donors (Lipinski definition) is 0. The first kappa shape index (κ1) is 13.6. The van der Waals surface area contributed by atoms with Crippen molar-refractivity contribution < 1.29 is 4.74 Å². The lowest BCUT2D eigenvalue weighted by Gasteiger charge is -2.46. The highest BCUT2D eigenvalue weighted by Crippen LogP contribution is 2.37. The highest BCUT2D eigenvalue weighted by Gasteiger charge is 2.38. The van der Waals surface area contributed by atoms with Gasteiger partial charge in [-0.3, -0.25) is 4.90 Å². The molecule has 0 aliphatic carbocycles. The van der Waals surface area contributed by atoms with E-state index in [9.17, 15) is 0 Å². The van der Waals surface area contributed by atoms with Crippen molar-refractivity contribution in [2.24, 2.45) is 0 Å². The van der Waals surface area contributed by atoms with Gasteiger partial charge >= 0.3 is 0 Å². The molecule has 0 saturated carbocycles. The number of hydrogen-bond acceptors (Lipinski definition) is 2. The Morgan fingerprint density at radius 2 is 1.61 bits per heavy atom. The number of methoxy groups -OCH3 is 1. The molecule has 1 aromatic carbocycles. The van der Waals surface area contributed by atoms with Gasteiger partial charge in [0.2, 0.25) is 0 Å². The van der Waals surface area contributed by atoms with Crippen LogP contribution in [-0.4, -0.2) is 30.6 Å². The van der Waals surface area contributed by atoms with Gasteiger partial charge in [0.1, 0.15) is 0 Å². The third-order valence-electron chi connectivity index (χ3n) is 4.21. The maximum absolute atomic E-state index is 5.90. The fourth-order valence-corrected chi connectivity index (χ4v) is 2.89. The molecule has 1 aliphatic heterocycles. The molecule has 100 valence electrons. The van der Waals surface area contributed by atoms with Gasteiger partial charge in [0, 0.05) is 25.7 Å². The second-order valence-electron chi connectivity index (χ2n) is 6.22. The Morgan fingerprint density at radius 1 is 1.06 bits per heavy atom. The molecule has 0 amide bonds. The van der Waals surface area contributed by atoms with Crippen LogP contribution in [0.2, 0.25) is 0 Å². The molecule has 0 spiro atoms. The van der Waals surface area contributed by atoms with Gasteiger partial charge in [-0.1, -0.05) is 30.3 Å². The predicted octanol–water partition coefficient (Wildman–Crippen LogP) is 3.42. The number of rotatable bonds is 2. The van der Waals surface area contributed by atoms with Crippen LogP contribution < -0.4 is 0 Å². The Balaban J connectivity index is 2.14. The second kappa shape index (κ2) is 5.02. The standard InChI is InChI=1S/C16H25NO/c1-15(2,3)17-12-10-16(18-4,11-13-17)14-8-6-5-7-9-14/h5-9H,10-13H2,1-4H3. The summed E-state index contributed by atoms with van der Waals surface area (Å²) >= 11 is 0. The lowest BCUT2D eigenvalue weighted by molar-refractivity contribution is -0.0764. The molecule has 0 aromatic heterocycles. The van der Waals surface area contributed by atoms with Gasteiger partial charge in [0.25, 0.3) is 0 Å². The van der Waals surface area contributed by atoms with Crippen LogP contribution in [0.25, 0.3) is 0 Å². The molecule has 0 bridgehead atoms. The molecular weight excluding hydrogens is 222 g/mol. The van der Waals surface area contributed by atoms with Crippen LogP contribution in [0.3, 0.4) is 0 Å². The van der Waals surface area contributed by atoms with Crippen molar-refractivity contribution in [1.29, 1.82) is 0 Å². The first-order valence-corrected chi connectivity index (χ1v) is 6.84. The highest BCUT2D eigenvalue weighted by molar-refractivity contribution is 5.23. The summed E-state index contributed by atoms with van der Waals surface area (Å²) in [6.07, 6.45) is 2.15. The van der Waals surface area contributed by atoms with E-state index in [1.165, 1.54) is 5.56 Å². The van der Waals surface area contributed by atoms with Gasteiger partial charge in [0.15, 0.2) is 0 Å². The summed E-state index contributed by atoms with van der Waals surface area (Å²) in [5.74, 6) is 0. The van der Waals surface area contributed by atoms with Crippen molar-refractivity contribution in [3.05, 3.63) is 35.9 Å². The first-order valence-electron chi connectivity index (χ1n) is 6.84. The van der Waals surface area contributed by atoms with E-state index in [1.807, 2.05) is 7.11 Å². The van der Waals surface area contributed by atoms with Crippen molar-refractivity contribution in [2.45, 2.75) is 44.8 Å². The number of ether oxygens (including phenoxy) is 1. The van der Waals surface area contributed by atoms with Crippen molar-refractivity contribution >= 4 is 0 Å². The molecule has 1 heterocycles. The summed E-state index contributed by atoms with van der Waals surface area (Å²) in [6, 6.07) is 10.7. The van der Waals surface area contributed by atoms with E-state index < -0.39 is 0 Å². The molecule has 1 aromatic rings. The van der Waals surface area contributed by atoms with E-state index in [2.05, 4.69) is 56.0 Å². The summed E-state index contributed by atoms with van der Waals surface area (Å²) < 4.78 is 5.90. The summed E-state index contributed by atoms with van der Waals surface area (Å²) in [6.45, 7) is 9.07. The first-order chi connectivity index (χ1) is 8.48. The van der Waals surface area contributed by atoms with Gasteiger partial charge in [-0.05, 0) is 39.2 Å². The number of nitrogens with zero attached hydrogens (tertiary/aromatic N) is 1. The van der Waals surface area contributed by atoms with Crippen LogP contribution in [0, 0.1) is 0 Å². The van der Waals surface area contributed by atoms with Crippen molar-refractivity contribution in [1.82, 2.24) is 4.90 Å². The Morgan fingerprint density at radius 3 is 2.06 bits per heavy atom. The third kappa shape index (κ3) is 2.60. The van der Waals surface area contributed by atoms with Crippen LogP contribution in [-0.2, 0) is 10.3 Å². The van der Waals surface area contributed by atoms with E-state index in [0.29, 0.717) is 0 Å². The number of benzene rings is 1. The monoisotopic (exact) mass is 247 g/mol. The maximum Gasteiger partial charge on any atom is 0.0951 e. The molecule has 1 fully saturated rings. The molecule has 0 N–H and O–H groups in total. The zero-order chi connectivity index (χ0) is 13.2. The molecule has 0 radical (unpaired) electrons.